The summed E-state index contributed by atoms with van der Waals surface area (Å²) in [6, 6.07) is 6.37. The van der Waals surface area contributed by atoms with E-state index in [9.17, 15) is 5.11 Å². The Balaban J connectivity index is 0.00000154. The number of aryl methyl sites for hydroxylation is 2. The maximum Gasteiger partial charge on any atom is 0.179 e. The topological polar surface area (TPSA) is 23.5 Å². The average Bonchev–Trinajstić information content (AvgIpc) is 2.36. The summed E-state index contributed by atoms with van der Waals surface area (Å²) in [4.78, 5) is 1.79. The van der Waals surface area contributed by atoms with Crippen LogP contribution in [0.1, 0.15) is 23.6 Å². The van der Waals surface area contributed by atoms with E-state index in [-0.39, 0.29) is 5.88 Å². The van der Waals surface area contributed by atoms with Crippen LogP contribution in [0.2, 0.25) is 0 Å². The summed E-state index contributed by atoms with van der Waals surface area (Å²) in [5, 5.41) is 9.41. The minimum absolute atomic E-state index is 0.0954. The second-order valence-electron chi connectivity index (χ2n) is 4.41. The smallest absolute Gasteiger partial charge is 0.179 e. The van der Waals surface area contributed by atoms with Gasteiger partial charge in [-0.25, -0.2) is 0 Å². The van der Waals surface area contributed by atoms with Gasteiger partial charge in [-0.15, -0.1) is 13.2 Å². The second kappa shape index (κ2) is 8.20. The van der Waals surface area contributed by atoms with E-state index >= 15 is 0 Å². The van der Waals surface area contributed by atoms with E-state index in [1.807, 2.05) is 6.92 Å². The fourth-order valence-corrected chi connectivity index (χ4v) is 1.89. The van der Waals surface area contributed by atoms with E-state index in [4.69, 9.17) is 0 Å². The van der Waals surface area contributed by atoms with Crippen LogP contribution in [-0.4, -0.2) is 23.1 Å². The van der Waals surface area contributed by atoms with Crippen molar-refractivity contribution in [2.45, 2.75) is 20.8 Å². The maximum absolute atomic E-state index is 9.41. The number of hydrogen-bond donors (Lipinski definition) is 1. The van der Waals surface area contributed by atoms with Crippen LogP contribution in [0.15, 0.2) is 50.4 Å². The first kappa shape index (κ1) is 17.0. The molecule has 0 spiro atoms. The van der Waals surface area contributed by atoms with Crippen molar-refractivity contribution in [1.82, 2.24) is 4.90 Å². The van der Waals surface area contributed by atoms with Crippen LogP contribution in [0.25, 0.3) is 5.57 Å². The van der Waals surface area contributed by atoms with E-state index < -0.39 is 0 Å². The molecule has 1 aromatic rings. The van der Waals surface area contributed by atoms with Gasteiger partial charge in [-0.05, 0) is 38.5 Å². The third-order valence-electron chi connectivity index (χ3n) is 2.76. The number of aliphatic hydroxyl groups is 1. The molecule has 0 unspecified atom stereocenters. The molecule has 0 aliphatic rings. The fraction of sp³-hybridized carbons (Fsp3) is 0.294. The lowest BCUT2D eigenvalue weighted by molar-refractivity contribution is 0.228. The standard InChI is InChI=1S/C15H21NO.C2H4/c1-6-16(14(5)17)10-13(4)15-8-11(2)7-12(3)9-15;1-2/h7-9,17H,4-6,10H2,1-3H3;1-2H2. The van der Waals surface area contributed by atoms with Crippen molar-refractivity contribution in [3.8, 4) is 0 Å². The van der Waals surface area contributed by atoms with Gasteiger partial charge in [0.25, 0.3) is 0 Å². The molecule has 0 atom stereocenters. The third-order valence-corrected chi connectivity index (χ3v) is 2.76. The molecule has 2 heteroatoms. The van der Waals surface area contributed by atoms with Crippen LogP contribution in [0.3, 0.4) is 0 Å². The van der Waals surface area contributed by atoms with Crippen molar-refractivity contribution in [1.29, 1.82) is 0 Å². The van der Waals surface area contributed by atoms with Gasteiger partial charge in [0.1, 0.15) is 0 Å². The zero-order valence-corrected chi connectivity index (χ0v) is 12.4. The second-order valence-corrected chi connectivity index (χ2v) is 4.41. The first-order chi connectivity index (χ1) is 8.93. The predicted molar refractivity (Wildman–Crippen MR) is 85.2 cm³/mol. The molecule has 0 amide bonds. The summed E-state index contributed by atoms with van der Waals surface area (Å²) < 4.78 is 0. The van der Waals surface area contributed by atoms with Gasteiger partial charge in [0.15, 0.2) is 5.88 Å². The van der Waals surface area contributed by atoms with Crippen LogP contribution >= 0.6 is 0 Å². The molecule has 0 aliphatic carbocycles. The highest BCUT2D eigenvalue weighted by Gasteiger charge is 2.07. The lowest BCUT2D eigenvalue weighted by atomic mass is 10.0. The van der Waals surface area contributed by atoms with E-state index in [2.05, 4.69) is 58.4 Å². The summed E-state index contributed by atoms with van der Waals surface area (Å²) >= 11 is 0. The SMILES string of the molecule is C=C.C=C(CN(CC)C(=C)O)c1cc(C)cc(C)c1. The molecule has 1 N–H and O–H groups in total. The highest BCUT2D eigenvalue weighted by atomic mass is 16.3. The monoisotopic (exact) mass is 259 g/mol. The molecule has 0 saturated carbocycles. The van der Waals surface area contributed by atoms with Crippen molar-refractivity contribution in [3.63, 3.8) is 0 Å². The van der Waals surface area contributed by atoms with Crippen molar-refractivity contribution in [2.24, 2.45) is 0 Å². The zero-order chi connectivity index (χ0) is 15.0. The largest absolute Gasteiger partial charge is 0.495 e. The highest BCUT2D eigenvalue weighted by molar-refractivity contribution is 5.66. The van der Waals surface area contributed by atoms with Gasteiger partial charge >= 0.3 is 0 Å². The molecule has 104 valence electrons. The molecule has 0 fully saturated rings. The Morgan fingerprint density at radius 3 is 1.95 bits per heavy atom. The first-order valence-electron chi connectivity index (χ1n) is 6.33. The Kier molecular flexibility index (Phi) is 7.35. The normalized spacial score (nSPS) is 9.21. The van der Waals surface area contributed by atoms with Gasteiger partial charge in [-0.3, -0.25) is 0 Å². The van der Waals surface area contributed by atoms with Crippen molar-refractivity contribution < 1.29 is 5.11 Å². The van der Waals surface area contributed by atoms with Crippen LogP contribution in [-0.2, 0) is 0 Å². The predicted octanol–water partition coefficient (Wildman–Crippen LogP) is 4.47. The maximum atomic E-state index is 9.41. The number of hydrogen-bond acceptors (Lipinski definition) is 2. The molecule has 2 nitrogen and oxygen atoms in total. The van der Waals surface area contributed by atoms with Crippen LogP contribution in [0.5, 0.6) is 0 Å². The minimum atomic E-state index is 0.0954. The molecule has 0 aliphatic heterocycles. The van der Waals surface area contributed by atoms with Gasteiger partial charge in [0.05, 0.1) is 0 Å². The molecular formula is C17H25NO. The van der Waals surface area contributed by atoms with Gasteiger partial charge in [-0.2, -0.15) is 0 Å². The number of aliphatic hydroxyl groups excluding tert-OH is 1. The molecule has 0 bridgehead atoms. The Morgan fingerprint density at radius 2 is 1.58 bits per heavy atom. The molecule has 0 saturated heterocycles. The van der Waals surface area contributed by atoms with Crippen LogP contribution < -0.4 is 0 Å². The molecule has 19 heavy (non-hydrogen) atoms. The average molecular weight is 259 g/mol. The van der Waals surface area contributed by atoms with Crippen LogP contribution in [0, 0.1) is 13.8 Å². The molecular weight excluding hydrogens is 234 g/mol. The summed E-state index contributed by atoms with van der Waals surface area (Å²) in [5.41, 5.74) is 4.58. The fourth-order valence-electron chi connectivity index (χ4n) is 1.89. The van der Waals surface area contributed by atoms with Gasteiger partial charge in [0.2, 0.25) is 0 Å². The highest BCUT2D eigenvalue weighted by Crippen LogP contribution is 2.18. The van der Waals surface area contributed by atoms with Gasteiger partial charge in [0, 0.05) is 13.1 Å². The Bertz CT molecular complexity index is 428. The van der Waals surface area contributed by atoms with Gasteiger partial charge < -0.3 is 10.0 Å². The lowest BCUT2D eigenvalue weighted by Crippen LogP contribution is -2.23. The molecule has 1 rings (SSSR count). The van der Waals surface area contributed by atoms with E-state index in [1.165, 1.54) is 11.1 Å². The molecule has 1 aromatic carbocycles. The number of rotatable bonds is 5. The van der Waals surface area contributed by atoms with Gasteiger partial charge in [-0.1, -0.05) is 35.9 Å². The Morgan fingerprint density at radius 1 is 1.11 bits per heavy atom. The molecule has 0 heterocycles. The first-order valence-corrected chi connectivity index (χ1v) is 6.33. The lowest BCUT2D eigenvalue weighted by Gasteiger charge is -2.22. The quantitative estimate of drug-likeness (QED) is 0.623. The third kappa shape index (κ3) is 5.47. The Labute approximate surface area is 117 Å². The summed E-state index contributed by atoms with van der Waals surface area (Å²) in [7, 11) is 0. The molecule has 0 aromatic heterocycles. The number of nitrogens with zero attached hydrogens (tertiary/aromatic N) is 1. The molecule has 0 radical (unpaired) electrons. The van der Waals surface area contributed by atoms with Crippen molar-refractivity contribution in [3.05, 3.63) is 67.1 Å². The summed E-state index contributed by atoms with van der Waals surface area (Å²) in [5.74, 6) is 0.0954. The van der Waals surface area contributed by atoms with E-state index in [0.29, 0.717) is 6.54 Å². The number of benzene rings is 1. The van der Waals surface area contributed by atoms with Crippen LogP contribution in [0.4, 0.5) is 0 Å². The summed E-state index contributed by atoms with van der Waals surface area (Å²) in [6.45, 7) is 21.1. The zero-order valence-electron chi connectivity index (χ0n) is 12.4. The van der Waals surface area contributed by atoms with E-state index in [0.717, 1.165) is 17.7 Å². The van der Waals surface area contributed by atoms with E-state index in [1.54, 1.807) is 4.90 Å². The Hall–Kier alpha value is -1.96. The summed E-state index contributed by atoms with van der Waals surface area (Å²) in [6.07, 6.45) is 0. The minimum Gasteiger partial charge on any atom is -0.495 e. The van der Waals surface area contributed by atoms with Crippen molar-refractivity contribution >= 4 is 5.57 Å². The number of likely N-dealkylation sites (N-methyl/N-ethyl adjacent to an activating group) is 1. The van der Waals surface area contributed by atoms with Crippen molar-refractivity contribution in [2.75, 3.05) is 13.1 Å².